The third kappa shape index (κ3) is 5.46. The minimum absolute atomic E-state index is 0.357. The number of ether oxygens (including phenoxy) is 4. The fourth-order valence-electron chi connectivity index (χ4n) is 2.39. The molecule has 144 valence electrons. The van der Waals surface area contributed by atoms with Gasteiger partial charge in [-0.05, 0) is 36.8 Å². The summed E-state index contributed by atoms with van der Waals surface area (Å²) >= 11 is 0. The summed E-state index contributed by atoms with van der Waals surface area (Å²) in [7, 11) is 4.61. The summed E-state index contributed by atoms with van der Waals surface area (Å²) in [5.74, 6) is -0.00708. The van der Waals surface area contributed by atoms with E-state index in [1.165, 1.54) is 21.1 Å². The van der Waals surface area contributed by atoms with Crippen LogP contribution in [0.15, 0.2) is 42.5 Å². The second-order valence-electron chi connectivity index (χ2n) is 5.74. The van der Waals surface area contributed by atoms with Crippen molar-refractivity contribution in [1.82, 2.24) is 0 Å². The fraction of sp³-hybridized carbons (Fsp3) is 0.300. The van der Waals surface area contributed by atoms with Gasteiger partial charge >= 0.3 is 5.97 Å². The van der Waals surface area contributed by atoms with Crippen molar-refractivity contribution in [2.75, 3.05) is 26.6 Å². The number of amides is 1. The predicted octanol–water partition coefficient (Wildman–Crippen LogP) is 3.03. The molecule has 0 saturated heterocycles. The molecule has 2 rings (SSSR count). The zero-order chi connectivity index (χ0) is 19.8. The molecule has 27 heavy (non-hydrogen) atoms. The second kappa shape index (κ2) is 9.59. The molecule has 0 spiro atoms. The Balaban J connectivity index is 2.01. The molecule has 2 aromatic carbocycles. The van der Waals surface area contributed by atoms with Gasteiger partial charge in [0.05, 0.1) is 26.4 Å². The van der Waals surface area contributed by atoms with Crippen LogP contribution in [0.4, 0.5) is 5.69 Å². The van der Waals surface area contributed by atoms with Crippen molar-refractivity contribution in [2.45, 2.75) is 19.6 Å². The molecule has 0 heterocycles. The lowest BCUT2D eigenvalue weighted by Gasteiger charge is -2.15. The Bertz CT molecular complexity index is 805. The van der Waals surface area contributed by atoms with Gasteiger partial charge in [-0.15, -0.1) is 0 Å². The summed E-state index contributed by atoms with van der Waals surface area (Å²) in [6, 6.07) is 11.8. The highest BCUT2D eigenvalue weighted by Gasteiger charge is 2.20. The van der Waals surface area contributed by atoms with Crippen molar-refractivity contribution in [3.05, 3.63) is 53.6 Å². The molecule has 0 aliphatic rings. The van der Waals surface area contributed by atoms with Gasteiger partial charge in [0.15, 0.2) is 17.6 Å². The van der Waals surface area contributed by atoms with Crippen molar-refractivity contribution in [3.63, 3.8) is 0 Å². The minimum Gasteiger partial charge on any atom is -0.493 e. The zero-order valence-electron chi connectivity index (χ0n) is 15.8. The molecule has 1 atom stereocenters. The molecule has 7 nitrogen and oxygen atoms in total. The molecule has 2 aromatic rings. The zero-order valence-corrected chi connectivity index (χ0v) is 15.8. The third-order valence-electron chi connectivity index (χ3n) is 3.78. The summed E-state index contributed by atoms with van der Waals surface area (Å²) in [5, 5.41) is 2.68. The van der Waals surface area contributed by atoms with E-state index < -0.39 is 18.0 Å². The molecule has 0 bridgehead atoms. The summed E-state index contributed by atoms with van der Waals surface area (Å²) in [6.45, 7) is 1.89. The van der Waals surface area contributed by atoms with Crippen LogP contribution in [0.3, 0.4) is 0 Å². The molecule has 0 aliphatic heterocycles. The summed E-state index contributed by atoms with van der Waals surface area (Å²) in [4.78, 5) is 24.6. The first-order chi connectivity index (χ1) is 13.0. The molecular formula is C20H23NO6. The third-order valence-corrected chi connectivity index (χ3v) is 3.78. The van der Waals surface area contributed by atoms with E-state index in [0.29, 0.717) is 29.4 Å². The number of hydrogen-bond acceptors (Lipinski definition) is 6. The smallest absolute Gasteiger partial charge is 0.338 e. The molecule has 0 aromatic heterocycles. The van der Waals surface area contributed by atoms with Gasteiger partial charge in [0.1, 0.15) is 0 Å². The van der Waals surface area contributed by atoms with Gasteiger partial charge in [-0.25, -0.2) is 4.79 Å². The maximum absolute atomic E-state index is 12.3. The van der Waals surface area contributed by atoms with Crippen LogP contribution in [-0.4, -0.2) is 39.3 Å². The van der Waals surface area contributed by atoms with Crippen LogP contribution in [0, 0.1) is 0 Å². The lowest BCUT2D eigenvalue weighted by Crippen LogP contribution is -2.30. The van der Waals surface area contributed by atoms with E-state index in [4.69, 9.17) is 18.9 Å². The van der Waals surface area contributed by atoms with E-state index in [1.54, 1.807) is 43.5 Å². The average Bonchev–Trinajstić information content (AvgIpc) is 2.68. The quantitative estimate of drug-likeness (QED) is 0.716. The number of methoxy groups -OCH3 is 3. The van der Waals surface area contributed by atoms with Crippen molar-refractivity contribution in [3.8, 4) is 11.5 Å². The standard InChI is InChI=1S/C20H23NO6/c1-13(27-20(23)15-7-5-6-14(10-15)12-24-2)19(22)21-16-8-9-17(25-3)18(11-16)26-4/h5-11,13H,12H2,1-4H3,(H,21,22)/t13-/m1/s1. The van der Waals surface area contributed by atoms with E-state index in [2.05, 4.69) is 5.32 Å². The lowest BCUT2D eigenvalue weighted by atomic mass is 10.1. The molecular weight excluding hydrogens is 350 g/mol. The molecule has 7 heteroatoms. The van der Waals surface area contributed by atoms with Crippen LogP contribution in [-0.2, 0) is 20.9 Å². The van der Waals surface area contributed by atoms with E-state index in [0.717, 1.165) is 5.56 Å². The highest BCUT2D eigenvalue weighted by atomic mass is 16.5. The molecule has 1 amide bonds. The summed E-state index contributed by atoms with van der Waals surface area (Å²) in [5.41, 5.74) is 1.70. The Labute approximate surface area is 158 Å². The number of nitrogens with one attached hydrogen (secondary N) is 1. The minimum atomic E-state index is -0.975. The maximum Gasteiger partial charge on any atom is 0.338 e. The SMILES string of the molecule is COCc1cccc(C(=O)O[C@H](C)C(=O)Nc2ccc(OC)c(OC)c2)c1. The van der Waals surface area contributed by atoms with Crippen molar-refractivity contribution in [2.24, 2.45) is 0 Å². The largest absolute Gasteiger partial charge is 0.493 e. The number of anilines is 1. The van der Waals surface area contributed by atoms with E-state index >= 15 is 0 Å². The monoisotopic (exact) mass is 373 g/mol. The molecule has 1 N–H and O–H groups in total. The van der Waals surface area contributed by atoms with Gasteiger partial charge in [-0.2, -0.15) is 0 Å². The predicted molar refractivity (Wildman–Crippen MR) is 100 cm³/mol. The highest BCUT2D eigenvalue weighted by Crippen LogP contribution is 2.29. The van der Waals surface area contributed by atoms with Gasteiger partial charge < -0.3 is 24.3 Å². The van der Waals surface area contributed by atoms with Crippen molar-refractivity contribution < 1.29 is 28.5 Å². The van der Waals surface area contributed by atoms with Crippen molar-refractivity contribution in [1.29, 1.82) is 0 Å². The van der Waals surface area contributed by atoms with Gasteiger partial charge in [0, 0.05) is 18.9 Å². The van der Waals surface area contributed by atoms with Crippen LogP contribution < -0.4 is 14.8 Å². The lowest BCUT2D eigenvalue weighted by molar-refractivity contribution is -0.123. The molecule has 0 unspecified atom stereocenters. The summed E-state index contributed by atoms with van der Waals surface area (Å²) in [6.07, 6.45) is -0.975. The van der Waals surface area contributed by atoms with Crippen LogP contribution in [0.5, 0.6) is 11.5 Å². The van der Waals surface area contributed by atoms with E-state index in [1.807, 2.05) is 6.07 Å². The molecule has 0 radical (unpaired) electrons. The Morgan fingerprint density at radius 2 is 1.74 bits per heavy atom. The Morgan fingerprint density at radius 3 is 2.41 bits per heavy atom. The maximum atomic E-state index is 12.3. The van der Waals surface area contributed by atoms with Gasteiger partial charge in [-0.3, -0.25) is 4.79 Å². The normalized spacial score (nSPS) is 11.4. The van der Waals surface area contributed by atoms with E-state index in [-0.39, 0.29) is 0 Å². The number of esters is 1. The van der Waals surface area contributed by atoms with Gasteiger partial charge in [0.2, 0.25) is 0 Å². The molecule has 0 fully saturated rings. The highest BCUT2D eigenvalue weighted by molar-refractivity contribution is 5.97. The first-order valence-electron chi connectivity index (χ1n) is 8.30. The van der Waals surface area contributed by atoms with Gasteiger partial charge in [0.25, 0.3) is 5.91 Å². The van der Waals surface area contributed by atoms with Crippen LogP contribution in [0.2, 0.25) is 0 Å². The Morgan fingerprint density at radius 1 is 1.00 bits per heavy atom. The topological polar surface area (TPSA) is 83.1 Å². The first kappa shape index (κ1) is 20.3. The number of hydrogen-bond donors (Lipinski definition) is 1. The number of benzene rings is 2. The van der Waals surface area contributed by atoms with Gasteiger partial charge in [-0.1, -0.05) is 12.1 Å². The number of carbonyl (C=O) groups is 2. The Kier molecular flexibility index (Phi) is 7.19. The average molecular weight is 373 g/mol. The van der Waals surface area contributed by atoms with Crippen molar-refractivity contribution >= 4 is 17.6 Å². The number of carbonyl (C=O) groups excluding carboxylic acids is 2. The molecule has 0 saturated carbocycles. The van der Waals surface area contributed by atoms with E-state index in [9.17, 15) is 9.59 Å². The summed E-state index contributed by atoms with van der Waals surface area (Å²) < 4.78 is 20.7. The Hall–Kier alpha value is -3.06. The second-order valence-corrected chi connectivity index (χ2v) is 5.74. The molecule has 0 aliphatic carbocycles. The van der Waals surface area contributed by atoms with Crippen LogP contribution >= 0.6 is 0 Å². The van der Waals surface area contributed by atoms with Crippen LogP contribution in [0.1, 0.15) is 22.8 Å². The fourth-order valence-corrected chi connectivity index (χ4v) is 2.39. The van der Waals surface area contributed by atoms with Crippen LogP contribution in [0.25, 0.3) is 0 Å². The first-order valence-corrected chi connectivity index (χ1v) is 8.30. The number of rotatable bonds is 8.